The molecule has 5 aromatic rings. The molecule has 0 amide bonds. The lowest BCUT2D eigenvalue weighted by Crippen LogP contribution is -2.48. The van der Waals surface area contributed by atoms with Crippen molar-refractivity contribution in [1.82, 2.24) is 0 Å². The molecule has 0 saturated carbocycles. The molecule has 0 aliphatic heterocycles. The lowest BCUT2D eigenvalue weighted by molar-refractivity contribution is -0.661. The second-order valence-electron chi connectivity index (χ2n) is 10.2. The summed E-state index contributed by atoms with van der Waals surface area (Å²) in [5.41, 5.74) is 8.66. The second-order valence-corrected chi connectivity index (χ2v) is 10.2. The van der Waals surface area contributed by atoms with E-state index in [1.54, 1.807) is 0 Å². The van der Waals surface area contributed by atoms with Gasteiger partial charge >= 0.3 is 0 Å². The van der Waals surface area contributed by atoms with Crippen molar-refractivity contribution in [2.45, 2.75) is 45.4 Å². The molecule has 1 aliphatic rings. The number of aryl methyl sites for hydroxylation is 2. The second kappa shape index (κ2) is 5.76. The summed E-state index contributed by atoms with van der Waals surface area (Å²) in [6.45, 7) is 11.8. The molecule has 2 heteroatoms. The highest BCUT2D eigenvalue weighted by molar-refractivity contribution is 6.13. The van der Waals surface area contributed by atoms with E-state index in [2.05, 4.69) is 107 Å². The first-order valence-corrected chi connectivity index (χ1v) is 11.1. The van der Waals surface area contributed by atoms with Crippen LogP contribution >= 0.6 is 0 Å². The Morgan fingerprint density at radius 2 is 1.52 bits per heavy atom. The lowest BCUT2D eigenvalue weighted by Gasteiger charge is -2.47. The highest BCUT2D eigenvalue weighted by Crippen LogP contribution is 2.56. The fraction of sp³-hybridized carbons (Fsp3) is 0.276. The first-order valence-electron chi connectivity index (χ1n) is 11.1. The summed E-state index contributed by atoms with van der Waals surface area (Å²) in [6.07, 6.45) is 2.17. The van der Waals surface area contributed by atoms with Gasteiger partial charge in [-0.1, -0.05) is 52.0 Å². The number of hydrogen-bond acceptors (Lipinski definition) is 1. The number of rotatable bonds is 0. The van der Waals surface area contributed by atoms with Crippen molar-refractivity contribution in [2.75, 3.05) is 0 Å². The summed E-state index contributed by atoms with van der Waals surface area (Å²) >= 11 is 0. The van der Waals surface area contributed by atoms with Crippen molar-refractivity contribution in [3.8, 4) is 11.3 Å². The van der Waals surface area contributed by atoms with Crippen LogP contribution in [0.3, 0.4) is 0 Å². The Kier molecular flexibility index (Phi) is 3.46. The Hall–Kier alpha value is -3.13. The number of furan rings is 1. The minimum absolute atomic E-state index is 0.0322. The van der Waals surface area contributed by atoms with Gasteiger partial charge in [0.2, 0.25) is 5.69 Å². The van der Waals surface area contributed by atoms with Crippen molar-refractivity contribution in [3.05, 3.63) is 77.5 Å². The van der Waals surface area contributed by atoms with Crippen LogP contribution < -0.4 is 4.57 Å². The van der Waals surface area contributed by atoms with Crippen molar-refractivity contribution in [2.24, 2.45) is 7.05 Å². The average Bonchev–Trinajstić information content (AvgIpc) is 3.06. The van der Waals surface area contributed by atoms with Crippen molar-refractivity contribution >= 4 is 32.7 Å². The predicted molar refractivity (Wildman–Crippen MR) is 129 cm³/mol. The molecule has 0 saturated heterocycles. The standard InChI is InChI=1S/C29H28NO/c1-17-14-23-25(20-15-18-10-7-8-11-19(18)16-22(20)31-23)26-24(17)27-21(12-9-13-30(27)6)28(2,3)29(26,4)5/h7-16H,1-6H3/q+1. The number of pyridine rings is 1. The van der Waals surface area contributed by atoms with Gasteiger partial charge in [0.1, 0.15) is 18.2 Å². The van der Waals surface area contributed by atoms with Crippen LogP contribution in [-0.4, -0.2) is 0 Å². The van der Waals surface area contributed by atoms with E-state index in [9.17, 15) is 0 Å². The molecule has 3 aromatic carbocycles. The summed E-state index contributed by atoms with van der Waals surface area (Å²) in [6, 6.07) is 19.8. The minimum Gasteiger partial charge on any atom is -0.456 e. The molecule has 0 fully saturated rings. The van der Waals surface area contributed by atoms with Gasteiger partial charge in [-0.25, -0.2) is 4.57 Å². The van der Waals surface area contributed by atoms with Crippen LogP contribution in [0.15, 0.2) is 65.2 Å². The molecule has 154 valence electrons. The van der Waals surface area contributed by atoms with E-state index in [1.807, 2.05) is 0 Å². The Morgan fingerprint density at radius 1 is 0.806 bits per heavy atom. The zero-order chi connectivity index (χ0) is 21.7. The summed E-state index contributed by atoms with van der Waals surface area (Å²) in [4.78, 5) is 0. The molecule has 0 N–H and O–H groups in total. The molecular weight excluding hydrogens is 378 g/mol. The number of nitrogens with zero attached hydrogens (tertiary/aromatic N) is 1. The smallest absolute Gasteiger partial charge is 0.216 e. The van der Waals surface area contributed by atoms with Gasteiger partial charge in [-0.15, -0.1) is 0 Å². The highest BCUT2D eigenvalue weighted by Gasteiger charge is 2.50. The van der Waals surface area contributed by atoms with Gasteiger partial charge in [-0.3, -0.25) is 0 Å². The van der Waals surface area contributed by atoms with Crippen molar-refractivity contribution in [1.29, 1.82) is 0 Å². The van der Waals surface area contributed by atoms with Gasteiger partial charge in [0.05, 0.1) is 5.56 Å². The topological polar surface area (TPSA) is 17.0 Å². The molecule has 0 bridgehead atoms. The van der Waals surface area contributed by atoms with Crippen LogP contribution in [0.1, 0.15) is 44.4 Å². The Balaban J connectivity index is 1.88. The highest BCUT2D eigenvalue weighted by atomic mass is 16.3. The molecule has 2 heterocycles. The Morgan fingerprint density at radius 3 is 2.26 bits per heavy atom. The molecule has 31 heavy (non-hydrogen) atoms. The first-order chi connectivity index (χ1) is 14.7. The quantitative estimate of drug-likeness (QED) is 0.250. The van der Waals surface area contributed by atoms with Gasteiger partial charge in [0, 0.05) is 33.2 Å². The fourth-order valence-corrected chi connectivity index (χ4v) is 5.76. The third kappa shape index (κ3) is 2.20. The third-order valence-corrected chi connectivity index (χ3v) is 8.10. The monoisotopic (exact) mass is 406 g/mol. The predicted octanol–water partition coefficient (Wildman–Crippen LogP) is 7.11. The molecule has 2 nitrogen and oxygen atoms in total. The number of hydrogen-bond donors (Lipinski definition) is 0. The summed E-state index contributed by atoms with van der Waals surface area (Å²) < 4.78 is 8.77. The molecule has 0 radical (unpaired) electrons. The molecule has 6 rings (SSSR count). The van der Waals surface area contributed by atoms with Gasteiger partial charge < -0.3 is 4.42 Å². The van der Waals surface area contributed by atoms with E-state index < -0.39 is 0 Å². The van der Waals surface area contributed by atoms with Crippen LogP contribution in [0.4, 0.5) is 0 Å². The number of fused-ring (bicyclic) bond motifs is 8. The zero-order valence-corrected chi connectivity index (χ0v) is 19.1. The molecule has 1 aliphatic carbocycles. The van der Waals surface area contributed by atoms with E-state index in [-0.39, 0.29) is 10.8 Å². The Labute approximate surface area is 183 Å². The van der Waals surface area contributed by atoms with Crippen LogP contribution in [0.25, 0.3) is 44.0 Å². The van der Waals surface area contributed by atoms with Crippen LogP contribution in [-0.2, 0) is 17.9 Å². The maximum atomic E-state index is 6.48. The first kappa shape index (κ1) is 18.6. The molecule has 0 atom stereocenters. The van der Waals surface area contributed by atoms with Crippen molar-refractivity contribution in [3.63, 3.8) is 0 Å². The minimum atomic E-state index is -0.0730. The normalized spacial score (nSPS) is 16.6. The van der Waals surface area contributed by atoms with E-state index in [0.717, 1.165) is 11.2 Å². The van der Waals surface area contributed by atoms with Gasteiger partial charge in [-0.2, -0.15) is 0 Å². The Bertz CT molecular complexity index is 1550. The fourth-order valence-electron chi connectivity index (χ4n) is 5.76. The summed E-state index contributed by atoms with van der Waals surface area (Å²) in [5, 5.41) is 4.96. The lowest BCUT2D eigenvalue weighted by atomic mass is 9.55. The van der Waals surface area contributed by atoms with Gasteiger partial charge in [0.15, 0.2) is 6.20 Å². The van der Waals surface area contributed by atoms with Crippen LogP contribution in [0.2, 0.25) is 0 Å². The van der Waals surface area contributed by atoms with E-state index in [0.29, 0.717) is 0 Å². The van der Waals surface area contributed by atoms with E-state index in [4.69, 9.17) is 4.42 Å². The average molecular weight is 407 g/mol. The number of benzene rings is 3. The SMILES string of the molecule is Cc1cc2oc3cc4ccccc4cc3c2c2c1-c1c(ccc[n+]1C)C(C)(C)C2(C)C. The maximum Gasteiger partial charge on any atom is 0.216 e. The third-order valence-electron chi connectivity index (χ3n) is 8.10. The van der Waals surface area contributed by atoms with Crippen LogP contribution in [0.5, 0.6) is 0 Å². The maximum absolute atomic E-state index is 6.48. The van der Waals surface area contributed by atoms with E-state index in [1.165, 1.54) is 49.5 Å². The molecule has 0 spiro atoms. The molecule has 2 aromatic heterocycles. The number of aromatic nitrogens is 1. The summed E-state index contributed by atoms with van der Waals surface area (Å²) in [5.74, 6) is 0. The van der Waals surface area contributed by atoms with Crippen LogP contribution in [0, 0.1) is 6.92 Å². The zero-order valence-electron chi connectivity index (χ0n) is 19.1. The molecule has 0 unspecified atom stereocenters. The molecular formula is C29H28NO+. The summed E-state index contributed by atoms with van der Waals surface area (Å²) in [7, 11) is 2.17. The van der Waals surface area contributed by atoms with Gasteiger partial charge in [-0.05, 0) is 53.1 Å². The van der Waals surface area contributed by atoms with Gasteiger partial charge in [0.25, 0.3) is 0 Å². The van der Waals surface area contributed by atoms with E-state index >= 15 is 0 Å². The largest absolute Gasteiger partial charge is 0.456 e. The van der Waals surface area contributed by atoms with Crippen molar-refractivity contribution < 1.29 is 8.98 Å².